The number of hydrogen-bond donors (Lipinski definition) is 2. The first kappa shape index (κ1) is 21.8. The molecule has 0 saturated carbocycles. The Morgan fingerprint density at radius 1 is 1.00 bits per heavy atom. The number of rotatable bonds is 6. The number of benzene rings is 2. The second-order valence-corrected chi connectivity index (χ2v) is 8.20. The van der Waals surface area contributed by atoms with E-state index in [-0.39, 0.29) is 5.91 Å². The number of hydrogen-bond acceptors (Lipinski definition) is 5. The molecule has 6 nitrogen and oxygen atoms in total. The van der Waals surface area contributed by atoms with E-state index in [4.69, 9.17) is 16.6 Å². The molecule has 32 heavy (non-hydrogen) atoms. The van der Waals surface area contributed by atoms with Crippen LogP contribution in [0.5, 0.6) is 0 Å². The van der Waals surface area contributed by atoms with E-state index >= 15 is 0 Å². The molecule has 4 rings (SSSR count). The van der Waals surface area contributed by atoms with Crippen molar-refractivity contribution in [2.24, 2.45) is 0 Å². The van der Waals surface area contributed by atoms with Crippen LogP contribution in [0.1, 0.15) is 30.5 Å². The van der Waals surface area contributed by atoms with Gasteiger partial charge in [0.2, 0.25) is 11.9 Å². The summed E-state index contributed by atoms with van der Waals surface area (Å²) in [7, 11) is 0. The third-order valence-corrected chi connectivity index (χ3v) is 5.57. The van der Waals surface area contributed by atoms with Crippen molar-refractivity contribution < 1.29 is 4.79 Å². The Balaban J connectivity index is 1.38. The maximum absolute atomic E-state index is 12.2. The Morgan fingerprint density at radius 2 is 1.72 bits per heavy atom. The zero-order valence-electron chi connectivity index (χ0n) is 18.0. The van der Waals surface area contributed by atoms with Gasteiger partial charge in [0.1, 0.15) is 5.82 Å². The molecule has 164 valence electrons. The molecule has 0 aliphatic carbocycles. The first-order valence-electron chi connectivity index (χ1n) is 10.8. The van der Waals surface area contributed by atoms with Crippen LogP contribution in [0.2, 0.25) is 5.02 Å². The minimum atomic E-state index is -0.219. The van der Waals surface area contributed by atoms with Crippen LogP contribution in [0.25, 0.3) is 6.08 Å². The molecule has 1 aliphatic heterocycles. The summed E-state index contributed by atoms with van der Waals surface area (Å²) in [5.74, 6) is 1.32. The monoisotopic (exact) mass is 447 g/mol. The lowest BCUT2D eigenvalue weighted by Crippen LogP contribution is -2.31. The third kappa shape index (κ3) is 5.86. The highest BCUT2D eigenvalue weighted by Gasteiger charge is 2.14. The number of piperidine rings is 1. The van der Waals surface area contributed by atoms with Crippen molar-refractivity contribution in [1.29, 1.82) is 0 Å². The van der Waals surface area contributed by atoms with E-state index in [1.165, 1.54) is 25.3 Å². The fourth-order valence-electron chi connectivity index (χ4n) is 3.60. The van der Waals surface area contributed by atoms with Gasteiger partial charge >= 0.3 is 0 Å². The van der Waals surface area contributed by atoms with E-state index in [2.05, 4.69) is 20.5 Å². The highest BCUT2D eigenvalue weighted by Crippen LogP contribution is 2.22. The fraction of sp³-hybridized carbons (Fsp3) is 0.240. The van der Waals surface area contributed by atoms with Crippen molar-refractivity contribution in [1.82, 2.24) is 9.97 Å². The van der Waals surface area contributed by atoms with Gasteiger partial charge in [-0.25, -0.2) is 4.98 Å². The number of aryl methyl sites for hydroxylation is 1. The molecule has 0 radical (unpaired) electrons. The van der Waals surface area contributed by atoms with Gasteiger partial charge in [0, 0.05) is 47.3 Å². The number of halogens is 1. The van der Waals surface area contributed by atoms with E-state index in [1.807, 2.05) is 55.5 Å². The number of nitrogens with zero attached hydrogens (tertiary/aromatic N) is 3. The average Bonchev–Trinajstić information content (AvgIpc) is 2.80. The summed E-state index contributed by atoms with van der Waals surface area (Å²) in [5.41, 5.74) is 3.32. The van der Waals surface area contributed by atoms with E-state index in [0.717, 1.165) is 41.8 Å². The van der Waals surface area contributed by atoms with Gasteiger partial charge in [-0.2, -0.15) is 4.98 Å². The van der Waals surface area contributed by atoms with Crippen LogP contribution in [0.15, 0.2) is 60.7 Å². The second kappa shape index (κ2) is 10.3. The molecule has 0 unspecified atom stereocenters. The van der Waals surface area contributed by atoms with Crippen LogP contribution in [0.3, 0.4) is 0 Å². The first-order chi connectivity index (χ1) is 15.6. The van der Waals surface area contributed by atoms with E-state index in [9.17, 15) is 4.79 Å². The minimum Gasteiger partial charge on any atom is -0.341 e. The van der Waals surface area contributed by atoms with Crippen LogP contribution in [0.4, 0.5) is 23.1 Å². The predicted octanol–water partition coefficient (Wildman–Crippen LogP) is 5.82. The Hall–Kier alpha value is -3.38. The van der Waals surface area contributed by atoms with Gasteiger partial charge in [0.15, 0.2) is 0 Å². The highest BCUT2D eigenvalue weighted by atomic mass is 35.5. The van der Waals surface area contributed by atoms with Crippen molar-refractivity contribution in [3.8, 4) is 0 Å². The summed E-state index contributed by atoms with van der Waals surface area (Å²) < 4.78 is 0. The van der Waals surface area contributed by atoms with Gasteiger partial charge in [-0.15, -0.1) is 0 Å². The molecule has 0 atom stereocenters. The summed E-state index contributed by atoms with van der Waals surface area (Å²) >= 11 is 6.11. The number of amides is 1. The van der Waals surface area contributed by atoms with E-state index in [0.29, 0.717) is 10.7 Å². The number of aromatic nitrogens is 2. The van der Waals surface area contributed by atoms with Crippen molar-refractivity contribution >= 4 is 46.7 Å². The molecule has 2 N–H and O–H groups in total. The normalized spacial score (nSPS) is 13.9. The van der Waals surface area contributed by atoms with Crippen LogP contribution in [-0.4, -0.2) is 29.0 Å². The maximum atomic E-state index is 12.2. The first-order valence-corrected chi connectivity index (χ1v) is 11.2. The number of anilines is 4. The van der Waals surface area contributed by atoms with Gasteiger partial charge in [0.05, 0.1) is 0 Å². The van der Waals surface area contributed by atoms with Gasteiger partial charge in [-0.1, -0.05) is 29.8 Å². The molecule has 0 spiro atoms. The van der Waals surface area contributed by atoms with Crippen molar-refractivity contribution in [2.45, 2.75) is 26.2 Å². The lowest BCUT2D eigenvalue weighted by Gasteiger charge is -2.27. The van der Waals surface area contributed by atoms with Crippen molar-refractivity contribution in [3.63, 3.8) is 0 Å². The van der Waals surface area contributed by atoms with Gasteiger partial charge in [-0.3, -0.25) is 4.79 Å². The molecule has 7 heteroatoms. The van der Waals surface area contributed by atoms with Crippen molar-refractivity contribution in [2.75, 3.05) is 28.6 Å². The molecule has 1 saturated heterocycles. The topological polar surface area (TPSA) is 70.2 Å². The molecule has 2 heterocycles. The summed E-state index contributed by atoms with van der Waals surface area (Å²) in [5, 5.41) is 6.80. The highest BCUT2D eigenvalue weighted by molar-refractivity contribution is 6.32. The standard InChI is InChI=1S/C25H26ClN5O/c1-18-17-23(30-25(27-18)31-15-5-2-6-16-31)28-20-10-12-21(13-11-20)29-24(32)14-9-19-7-3-4-8-22(19)26/h3-4,7-14,17H,2,5-6,15-16H2,1H3,(H,29,32)(H,27,28,30)/b14-9+. The summed E-state index contributed by atoms with van der Waals surface area (Å²) in [6.07, 6.45) is 6.80. The molecule has 1 aromatic heterocycles. The van der Waals surface area contributed by atoms with E-state index in [1.54, 1.807) is 12.1 Å². The average molecular weight is 448 g/mol. The smallest absolute Gasteiger partial charge is 0.248 e. The molecule has 1 fully saturated rings. The lowest BCUT2D eigenvalue weighted by atomic mass is 10.1. The van der Waals surface area contributed by atoms with Crippen LogP contribution in [-0.2, 0) is 4.79 Å². The summed E-state index contributed by atoms with van der Waals surface area (Å²) in [6.45, 7) is 3.99. The Kier molecular flexibility index (Phi) is 7.02. The fourth-order valence-corrected chi connectivity index (χ4v) is 3.80. The number of carbonyl (C=O) groups is 1. The third-order valence-electron chi connectivity index (χ3n) is 5.23. The van der Waals surface area contributed by atoms with Crippen molar-refractivity contribution in [3.05, 3.63) is 77.0 Å². The van der Waals surface area contributed by atoms with Crippen LogP contribution >= 0.6 is 11.6 Å². The Bertz CT molecular complexity index is 1110. The van der Waals surface area contributed by atoms with Crippen LogP contribution in [0, 0.1) is 6.92 Å². The predicted molar refractivity (Wildman–Crippen MR) is 132 cm³/mol. The van der Waals surface area contributed by atoms with Gasteiger partial charge < -0.3 is 15.5 Å². The maximum Gasteiger partial charge on any atom is 0.248 e. The number of nitrogens with one attached hydrogen (secondary N) is 2. The SMILES string of the molecule is Cc1cc(Nc2ccc(NC(=O)/C=C/c3ccccc3Cl)cc2)nc(N2CCCCC2)n1. The lowest BCUT2D eigenvalue weighted by molar-refractivity contribution is -0.111. The quantitative estimate of drug-likeness (QED) is 0.465. The molecular formula is C25H26ClN5O. The zero-order valence-corrected chi connectivity index (χ0v) is 18.8. The van der Waals surface area contributed by atoms with E-state index < -0.39 is 0 Å². The molecule has 3 aromatic rings. The molecular weight excluding hydrogens is 422 g/mol. The number of carbonyl (C=O) groups excluding carboxylic acids is 1. The molecule has 1 aliphatic rings. The molecule has 2 aromatic carbocycles. The Labute approximate surface area is 193 Å². The largest absolute Gasteiger partial charge is 0.341 e. The molecule has 0 bridgehead atoms. The van der Waals surface area contributed by atoms with Gasteiger partial charge in [0.25, 0.3) is 0 Å². The van der Waals surface area contributed by atoms with Gasteiger partial charge in [-0.05, 0) is 68.2 Å². The summed E-state index contributed by atoms with van der Waals surface area (Å²) in [4.78, 5) is 23.8. The van der Waals surface area contributed by atoms with Crippen LogP contribution < -0.4 is 15.5 Å². The minimum absolute atomic E-state index is 0.219. The zero-order chi connectivity index (χ0) is 22.3. The molecule has 1 amide bonds. The second-order valence-electron chi connectivity index (χ2n) is 7.79. The summed E-state index contributed by atoms with van der Waals surface area (Å²) in [6, 6.07) is 16.8. The Morgan fingerprint density at radius 3 is 2.47 bits per heavy atom.